The molecule has 140 valence electrons. The van der Waals surface area contributed by atoms with Gasteiger partial charge in [0.2, 0.25) is 0 Å². The number of thiophene rings is 1. The van der Waals surface area contributed by atoms with Gasteiger partial charge in [-0.05, 0) is 18.5 Å². The molecular weight excluding hydrogens is 385 g/mol. The van der Waals surface area contributed by atoms with Crippen LogP contribution in [0.25, 0.3) is 0 Å². The van der Waals surface area contributed by atoms with E-state index in [1.54, 1.807) is 0 Å². The predicted molar refractivity (Wildman–Crippen MR) is 81.2 cm³/mol. The highest BCUT2D eigenvalue weighted by atomic mass is 32.2. The van der Waals surface area contributed by atoms with Gasteiger partial charge in [-0.25, -0.2) is 13.2 Å². The third-order valence-electron chi connectivity index (χ3n) is 4.08. The lowest BCUT2D eigenvalue weighted by Crippen LogP contribution is -2.51. The fourth-order valence-electron chi connectivity index (χ4n) is 2.87. The van der Waals surface area contributed by atoms with Crippen molar-refractivity contribution in [3.8, 4) is 0 Å². The number of hydrogen-bond donors (Lipinski definition) is 2. The Balaban J connectivity index is 2.00. The summed E-state index contributed by atoms with van der Waals surface area (Å²) in [5, 5.41) is 12.5. The fourth-order valence-corrected chi connectivity index (χ4v) is 6.29. The number of carbonyl (C=O) groups is 1. The van der Waals surface area contributed by atoms with Crippen molar-refractivity contribution in [2.24, 2.45) is 0 Å². The zero-order valence-corrected chi connectivity index (χ0v) is 14.4. The molecule has 0 aromatic carbocycles. The van der Waals surface area contributed by atoms with Crippen LogP contribution in [0.1, 0.15) is 20.8 Å². The number of fused-ring (bicyclic) bond motifs is 1. The van der Waals surface area contributed by atoms with E-state index in [4.69, 9.17) is 0 Å². The molecule has 0 unspecified atom stereocenters. The monoisotopic (exact) mass is 400 g/mol. The van der Waals surface area contributed by atoms with E-state index < -0.39 is 45.6 Å². The maximum Gasteiger partial charge on any atom is 0.415 e. The first-order chi connectivity index (χ1) is 11.6. The second-order valence-corrected chi connectivity index (χ2v) is 8.90. The summed E-state index contributed by atoms with van der Waals surface area (Å²) in [6.45, 7) is -0.694. The zero-order chi connectivity index (χ0) is 18.4. The number of aromatic carboxylic acids is 1. The van der Waals surface area contributed by atoms with Gasteiger partial charge in [0.05, 0.1) is 12.2 Å². The lowest BCUT2D eigenvalue weighted by molar-refractivity contribution is -0.231. The average molecular weight is 400 g/mol. The van der Waals surface area contributed by atoms with Gasteiger partial charge in [0.25, 0.3) is 10.0 Å². The standard InChI is InChI=1S/C13H15F3N2O5S2/c14-13(15,16)9-6-18(3-4-23-9)25(21,22)12-10(11(19)20)7-1-2-17-5-8(7)24-12/h9,17H,1-6H2,(H,19,20)/t9-/m1/s1. The molecule has 3 heterocycles. The van der Waals surface area contributed by atoms with Gasteiger partial charge in [0, 0.05) is 24.5 Å². The van der Waals surface area contributed by atoms with Crippen molar-refractivity contribution < 1.29 is 36.2 Å². The highest BCUT2D eigenvalue weighted by Gasteiger charge is 2.47. The number of alkyl halides is 3. The highest BCUT2D eigenvalue weighted by Crippen LogP contribution is 2.37. The summed E-state index contributed by atoms with van der Waals surface area (Å²) in [6.07, 6.45) is -6.56. The molecule has 0 radical (unpaired) electrons. The number of rotatable bonds is 3. The Morgan fingerprint density at radius 2 is 2.12 bits per heavy atom. The van der Waals surface area contributed by atoms with Crippen molar-refractivity contribution in [1.29, 1.82) is 0 Å². The Bertz CT molecular complexity index is 790. The number of carboxylic acids is 1. The molecule has 0 amide bonds. The minimum atomic E-state index is -4.69. The third kappa shape index (κ3) is 3.40. The summed E-state index contributed by atoms with van der Waals surface area (Å²) >= 11 is 0.805. The Morgan fingerprint density at radius 3 is 2.76 bits per heavy atom. The van der Waals surface area contributed by atoms with Crippen LogP contribution in [-0.4, -0.2) is 62.3 Å². The first-order valence-electron chi connectivity index (χ1n) is 7.39. The number of hydrogen-bond acceptors (Lipinski definition) is 6. The molecule has 0 saturated carbocycles. The SMILES string of the molecule is O=C(O)c1c(S(=O)(=O)N2CCO[C@@H](C(F)(F)F)C2)sc2c1CCNC2. The van der Waals surface area contributed by atoms with Crippen molar-refractivity contribution in [2.75, 3.05) is 26.2 Å². The van der Waals surface area contributed by atoms with Crippen LogP contribution in [0.2, 0.25) is 0 Å². The van der Waals surface area contributed by atoms with Crippen LogP contribution in [0.5, 0.6) is 0 Å². The van der Waals surface area contributed by atoms with E-state index in [1.807, 2.05) is 0 Å². The van der Waals surface area contributed by atoms with Crippen LogP contribution in [0.15, 0.2) is 4.21 Å². The van der Waals surface area contributed by atoms with Gasteiger partial charge in [-0.1, -0.05) is 0 Å². The van der Waals surface area contributed by atoms with Crippen molar-refractivity contribution in [3.05, 3.63) is 16.0 Å². The molecule has 1 atom stereocenters. The van der Waals surface area contributed by atoms with Crippen LogP contribution < -0.4 is 5.32 Å². The highest BCUT2D eigenvalue weighted by molar-refractivity contribution is 7.91. The van der Waals surface area contributed by atoms with Crippen LogP contribution in [0.3, 0.4) is 0 Å². The summed E-state index contributed by atoms with van der Waals surface area (Å²) in [6, 6.07) is 0. The van der Waals surface area contributed by atoms with E-state index in [9.17, 15) is 31.5 Å². The normalized spacial score (nSPS) is 22.6. The zero-order valence-electron chi connectivity index (χ0n) is 12.8. The number of halogens is 3. The van der Waals surface area contributed by atoms with Crippen molar-refractivity contribution >= 4 is 27.3 Å². The quantitative estimate of drug-likeness (QED) is 0.787. The van der Waals surface area contributed by atoms with Gasteiger partial charge in [-0.15, -0.1) is 11.3 Å². The van der Waals surface area contributed by atoms with Gasteiger partial charge in [-0.3, -0.25) is 0 Å². The van der Waals surface area contributed by atoms with Gasteiger partial charge < -0.3 is 15.2 Å². The lowest BCUT2D eigenvalue weighted by Gasteiger charge is -2.32. The van der Waals surface area contributed by atoms with Crippen LogP contribution in [0, 0.1) is 0 Å². The molecule has 1 fully saturated rings. The summed E-state index contributed by atoms with van der Waals surface area (Å²) in [5.74, 6) is -1.39. The van der Waals surface area contributed by atoms with Crippen molar-refractivity contribution in [3.63, 3.8) is 0 Å². The first-order valence-corrected chi connectivity index (χ1v) is 9.65. The van der Waals surface area contributed by atoms with Crippen LogP contribution >= 0.6 is 11.3 Å². The summed E-state index contributed by atoms with van der Waals surface area (Å²) in [7, 11) is -4.36. The second-order valence-electron chi connectivity index (χ2n) is 5.66. The molecule has 1 aromatic rings. The molecule has 1 aromatic heterocycles. The average Bonchev–Trinajstić information content (AvgIpc) is 2.94. The lowest BCUT2D eigenvalue weighted by atomic mass is 10.1. The Morgan fingerprint density at radius 1 is 1.40 bits per heavy atom. The number of ether oxygens (including phenoxy) is 1. The van der Waals surface area contributed by atoms with Gasteiger partial charge in [0.15, 0.2) is 6.10 Å². The third-order valence-corrected chi connectivity index (χ3v) is 7.67. The van der Waals surface area contributed by atoms with Crippen LogP contribution in [0.4, 0.5) is 13.2 Å². The first kappa shape index (κ1) is 18.6. The summed E-state index contributed by atoms with van der Waals surface area (Å²) in [4.78, 5) is 12.2. The number of nitrogens with one attached hydrogen (secondary N) is 1. The van der Waals surface area contributed by atoms with E-state index >= 15 is 0 Å². The van der Waals surface area contributed by atoms with Crippen LogP contribution in [-0.2, 0) is 27.7 Å². The molecule has 2 aliphatic rings. The second kappa shape index (κ2) is 6.50. The molecular formula is C13H15F3N2O5S2. The minimum Gasteiger partial charge on any atom is -0.478 e. The van der Waals surface area contributed by atoms with E-state index in [2.05, 4.69) is 10.1 Å². The maximum absolute atomic E-state index is 12.9. The molecule has 25 heavy (non-hydrogen) atoms. The topological polar surface area (TPSA) is 95.9 Å². The van der Waals surface area contributed by atoms with E-state index in [0.29, 0.717) is 34.3 Å². The van der Waals surface area contributed by atoms with Crippen molar-refractivity contribution in [2.45, 2.75) is 29.5 Å². The molecule has 0 bridgehead atoms. The predicted octanol–water partition coefficient (Wildman–Crippen LogP) is 1.04. The molecule has 7 nitrogen and oxygen atoms in total. The smallest absolute Gasteiger partial charge is 0.415 e. The Hall–Kier alpha value is -1.21. The fraction of sp³-hybridized carbons (Fsp3) is 0.615. The van der Waals surface area contributed by atoms with Gasteiger partial charge in [-0.2, -0.15) is 17.5 Å². The van der Waals surface area contributed by atoms with E-state index in [-0.39, 0.29) is 12.1 Å². The largest absolute Gasteiger partial charge is 0.478 e. The van der Waals surface area contributed by atoms with E-state index in [1.165, 1.54) is 0 Å². The minimum absolute atomic E-state index is 0.255. The van der Waals surface area contributed by atoms with Gasteiger partial charge in [0.1, 0.15) is 4.21 Å². The number of morpholine rings is 1. The molecule has 2 N–H and O–H groups in total. The molecule has 1 saturated heterocycles. The van der Waals surface area contributed by atoms with E-state index in [0.717, 1.165) is 11.3 Å². The molecule has 3 rings (SSSR count). The number of sulfonamides is 1. The molecule has 2 aliphatic heterocycles. The maximum atomic E-state index is 12.9. The Labute approximate surface area is 145 Å². The number of nitrogens with zero attached hydrogens (tertiary/aromatic N) is 1. The van der Waals surface area contributed by atoms with Gasteiger partial charge >= 0.3 is 12.1 Å². The summed E-state index contributed by atoms with van der Waals surface area (Å²) in [5.41, 5.74) is 0.118. The molecule has 0 aliphatic carbocycles. The van der Waals surface area contributed by atoms with Crippen molar-refractivity contribution in [1.82, 2.24) is 9.62 Å². The molecule has 12 heteroatoms. The summed E-state index contributed by atoms with van der Waals surface area (Å²) < 4.78 is 69.1. The number of carboxylic acid groups (broad SMARTS) is 1. The Kier molecular flexibility index (Phi) is 4.83. The molecule has 0 spiro atoms.